The van der Waals surface area contributed by atoms with Crippen LogP contribution in [0.1, 0.15) is 17.0 Å². The van der Waals surface area contributed by atoms with Crippen LogP contribution in [0.15, 0.2) is 52.0 Å². The minimum absolute atomic E-state index is 0. The minimum atomic E-state index is 0. The van der Waals surface area contributed by atoms with E-state index in [-0.39, 0.29) is 24.0 Å². The maximum Gasteiger partial charge on any atom is 0.194 e. The molecule has 0 aliphatic carbocycles. The van der Waals surface area contributed by atoms with E-state index in [1.54, 1.807) is 0 Å². The highest BCUT2D eigenvalue weighted by molar-refractivity contribution is 14.0. The molecule has 1 aromatic heterocycles. The number of guanidine groups is 1. The van der Waals surface area contributed by atoms with Gasteiger partial charge >= 0.3 is 0 Å². The van der Waals surface area contributed by atoms with Crippen LogP contribution in [0.2, 0.25) is 0 Å². The first-order valence-electron chi connectivity index (χ1n) is 10.3. The SMILES string of the molecule is CN=C(NCc1cccc(N2CC=CC2)c1)N1CCN(Cc2cc(C)on2)CC1.I. The first-order valence-corrected chi connectivity index (χ1v) is 10.3. The van der Waals surface area contributed by atoms with Crippen molar-refractivity contribution in [3.05, 3.63) is 59.5 Å². The molecule has 7 nitrogen and oxygen atoms in total. The maximum atomic E-state index is 5.17. The molecule has 1 saturated heterocycles. The molecule has 2 aromatic rings. The summed E-state index contributed by atoms with van der Waals surface area (Å²) in [5, 5.41) is 7.64. The van der Waals surface area contributed by atoms with Crippen molar-refractivity contribution in [2.24, 2.45) is 4.99 Å². The Morgan fingerprint density at radius 2 is 1.90 bits per heavy atom. The van der Waals surface area contributed by atoms with Crippen LogP contribution in [0.5, 0.6) is 0 Å². The Kier molecular flexibility index (Phi) is 8.15. The van der Waals surface area contributed by atoms with Crippen molar-refractivity contribution < 1.29 is 4.52 Å². The Bertz CT molecular complexity index is 864. The number of nitrogens with one attached hydrogen (secondary N) is 1. The number of hydrogen-bond donors (Lipinski definition) is 1. The van der Waals surface area contributed by atoms with Gasteiger partial charge < -0.3 is 19.6 Å². The standard InChI is InChI=1S/C22H30N6O.HI/c1-18-14-20(25-29-18)17-26-10-12-28(13-11-26)22(23-2)24-16-19-6-5-7-21(15-19)27-8-3-4-9-27;/h3-7,14-15H,8-13,16-17H2,1-2H3,(H,23,24);1H. The van der Waals surface area contributed by atoms with Gasteiger partial charge in [-0.15, -0.1) is 24.0 Å². The van der Waals surface area contributed by atoms with Gasteiger partial charge in [-0.2, -0.15) is 0 Å². The van der Waals surface area contributed by atoms with Crippen molar-refractivity contribution >= 4 is 35.6 Å². The lowest BCUT2D eigenvalue weighted by atomic mass is 10.2. The van der Waals surface area contributed by atoms with E-state index in [1.807, 2.05) is 20.0 Å². The fraction of sp³-hybridized carbons (Fsp3) is 0.455. The highest BCUT2D eigenvalue weighted by atomic mass is 127. The molecule has 0 radical (unpaired) electrons. The summed E-state index contributed by atoms with van der Waals surface area (Å²) in [6.45, 7) is 9.44. The van der Waals surface area contributed by atoms with E-state index >= 15 is 0 Å². The van der Waals surface area contributed by atoms with Crippen molar-refractivity contribution in [1.82, 2.24) is 20.3 Å². The summed E-state index contributed by atoms with van der Waals surface area (Å²) in [7, 11) is 1.86. The van der Waals surface area contributed by atoms with Gasteiger partial charge in [-0.3, -0.25) is 9.89 Å². The third-order valence-electron chi connectivity index (χ3n) is 5.49. The van der Waals surface area contributed by atoms with E-state index in [2.05, 4.69) is 66.6 Å². The quantitative estimate of drug-likeness (QED) is 0.282. The average molecular weight is 522 g/mol. The number of piperazine rings is 1. The lowest BCUT2D eigenvalue weighted by Gasteiger charge is -2.36. The molecule has 3 heterocycles. The van der Waals surface area contributed by atoms with Gasteiger partial charge in [0.25, 0.3) is 0 Å². The Morgan fingerprint density at radius 1 is 1.13 bits per heavy atom. The lowest BCUT2D eigenvalue weighted by Crippen LogP contribution is -2.52. The van der Waals surface area contributed by atoms with Crippen molar-refractivity contribution in [3.8, 4) is 0 Å². The number of aromatic nitrogens is 1. The van der Waals surface area contributed by atoms with Crippen molar-refractivity contribution in [3.63, 3.8) is 0 Å². The van der Waals surface area contributed by atoms with Crippen LogP contribution in [0.3, 0.4) is 0 Å². The summed E-state index contributed by atoms with van der Waals surface area (Å²) in [6, 6.07) is 10.8. The van der Waals surface area contributed by atoms with Crippen molar-refractivity contribution in [1.29, 1.82) is 0 Å². The molecule has 0 saturated carbocycles. The predicted octanol–water partition coefficient (Wildman–Crippen LogP) is 2.87. The second kappa shape index (κ2) is 10.8. The van der Waals surface area contributed by atoms with Gasteiger partial charge in [0.05, 0.1) is 5.69 Å². The first-order chi connectivity index (χ1) is 14.2. The van der Waals surface area contributed by atoms with Gasteiger partial charge in [0.1, 0.15) is 5.76 Å². The Balaban J connectivity index is 0.00000256. The monoisotopic (exact) mass is 522 g/mol. The molecule has 1 N–H and O–H groups in total. The number of aryl methyl sites for hydroxylation is 1. The van der Waals surface area contributed by atoms with Gasteiger partial charge in [0, 0.05) is 71.2 Å². The molecule has 0 spiro atoms. The van der Waals surface area contributed by atoms with Gasteiger partial charge in [-0.25, -0.2) is 0 Å². The average Bonchev–Trinajstić information content (AvgIpc) is 3.42. The molecule has 0 atom stereocenters. The molecule has 30 heavy (non-hydrogen) atoms. The molecule has 0 unspecified atom stereocenters. The maximum absolute atomic E-state index is 5.17. The van der Waals surface area contributed by atoms with E-state index in [0.29, 0.717) is 0 Å². The third kappa shape index (κ3) is 5.75. The van der Waals surface area contributed by atoms with Crippen LogP contribution >= 0.6 is 24.0 Å². The van der Waals surface area contributed by atoms with Gasteiger partial charge in [0.15, 0.2) is 5.96 Å². The lowest BCUT2D eigenvalue weighted by molar-refractivity contribution is 0.169. The Morgan fingerprint density at radius 3 is 2.57 bits per heavy atom. The summed E-state index contributed by atoms with van der Waals surface area (Å²) in [5.74, 6) is 1.84. The zero-order chi connectivity index (χ0) is 20.1. The van der Waals surface area contributed by atoms with Crippen LogP contribution in [0, 0.1) is 6.92 Å². The van der Waals surface area contributed by atoms with Crippen molar-refractivity contribution in [2.75, 3.05) is 51.2 Å². The van der Waals surface area contributed by atoms with E-state index in [9.17, 15) is 0 Å². The van der Waals surface area contributed by atoms with E-state index in [4.69, 9.17) is 4.52 Å². The molecular formula is C22H31IN6O. The van der Waals surface area contributed by atoms with E-state index in [1.165, 1.54) is 11.3 Å². The van der Waals surface area contributed by atoms with Crippen LogP contribution in [-0.4, -0.2) is 67.2 Å². The summed E-state index contributed by atoms with van der Waals surface area (Å²) >= 11 is 0. The molecule has 0 bridgehead atoms. The summed E-state index contributed by atoms with van der Waals surface area (Å²) in [5.41, 5.74) is 3.56. The highest BCUT2D eigenvalue weighted by Crippen LogP contribution is 2.18. The number of rotatable bonds is 5. The molecule has 0 amide bonds. The van der Waals surface area contributed by atoms with Crippen LogP contribution in [0.4, 0.5) is 5.69 Å². The van der Waals surface area contributed by atoms with Crippen LogP contribution in [-0.2, 0) is 13.1 Å². The van der Waals surface area contributed by atoms with Crippen LogP contribution in [0.25, 0.3) is 0 Å². The highest BCUT2D eigenvalue weighted by Gasteiger charge is 2.20. The van der Waals surface area contributed by atoms with E-state index < -0.39 is 0 Å². The smallest absolute Gasteiger partial charge is 0.194 e. The Labute approximate surface area is 195 Å². The minimum Gasteiger partial charge on any atom is -0.364 e. The van der Waals surface area contributed by atoms with Crippen molar-refractivity contribution in [2.45, 2.75) is 20.0 Å². The van der Waals surface area contributed by atoms with E-state index in [0.717, 1.165) is 69.8 Å². The second-order valence-corrected chi connectivity index (χ2v) is 7.64. The summed E-state index contributed by atoms with van der Waals surface area (Å²) in [6.07, 6.45) is 4.44. The number of nitrogens with zero attached hydrogens (tertiary/aromatic N) is 5. The second-order valence-electron chi connectivity index (χ2n) is 7.64. The number of benzene rings is 1. The molecule has 4 rings (SSSR count). The number of halogens is 1. The molecule has 2 aliphatic heterocycles. The van der Waals surface area contributed by atoms with Crippen LogP contribution < -0.4 is 10.2 Å². The molecule has 8 heteroatoms. The Hall–Kier alpha value is -2.07. The summed E-state index contributed by atoms with van der Waals surface area (Å²) in [4.78, 5) is 11.6. The molecule has 2 aliphatic rings. The molecular weight excluding hydrogens is 491 g/mol. The topological polar surface area (TPSA) is 60.1 Å². The number of hydrogen-bond acceptors (Lipinski definition) is 5. The van der Waals surface area contributed by atoms with Gasteiger partial charge in [0.2, 0.25) is 0 Å². The zero-order valence-corrected chi connectivity index (χ0v) is 20.1. The molecule has 162 valence electrons. The largest absolute Gasteiger partial charge is 0.364 e. The normalized spacial score (nSPS) is 17.3. The first kappa shape index (κ1) is 22.6. The molecule has 1 aromatic carbocycles. The number of aliphatic imine (C=N–C) groups is 1. The fourth-order valence-corrected chi connectivity index (χ4v) is 3.90. The van der Waals surface area contributed by atoms with Gasteiger partial charge in [-0.05, 0) is 24.6 Å². The predicted molar refractivity (Wildman–Crippen MR) is 131 cm³/mol. The fourth-order valence-electron chi connectivity index (χ4n) is 3.90. The number of anilines is 1. The third-order valence-corrected chi connectivity index (χ3v) is 5.49. The van der Waals surface area contributed by atoms with Gasteiger partial charge in [-0.1, -0.05) is 29.4 Å². The zero-order valence-electron chi connectivity index (χ0n) is 17.8. The molecule has 1 fully saturated rings. The summed E-state index contributed by atoms with van der Waals surface area (Å²) < 4.78 is 5.17.